The highest BCUT2D eigenvalue weighted by atomic mass is 35.5. The molecule has 2 rings (SSSR count). The van der Waals surface area contributed by atoms with Crippen molar-refractivity contribution in [2.24, 2.45) is 0 Å². The van der Waals surface area contributed by atoms with Gasteiger partial charge >= 0.3 is 5.97 Å². The maximum atomic E-state index is 12.2. The summed E-state index contributed by atoms with van der Waals surface area (Å²) in [5.41, 5.74) is 0.406. The second-order valence-electron chi connectivity index (χ2n) is 6.59. The van der Waals surface area contributed by atoms with E-state index in [2.05, 4.69) is 5.32 Å². The van der Waals surface area contributed by atoms with Crippen molar-refractivity contribution in [2.45, 2.75) is 13.5 Å². The number of nitro benzene ring substituents is 1. The quantitative estimate of drug-likeness (QED) is 0.325. The molecule has 0 saturated heterocycles. The molecule has 11 heteroatoms. The van der Waals surface area contributed by atoms with E-state index in [4.69, 9.17) is 21.1 Å². The SMILES string of the molecule is CCOc1ccc(CN(C)C(=O)COC(=O)CNC(=O)c2ccc(Cl)c([N+](=O)[O-])c2)cc1. The van der Waals surface area contributed by atoms with Gasteiger partial charge < -0.3 is 19.7 Å². The van der Waals surface area contributed by atoms with Crippen molar-refractivity contribution < 1.29 is 28.8 Å². The maximum absolute atomic E-state index is 12.2. The largest absolute Gasteiger partial charge is 0.494 e. The second-order valence-corrected chi connectivity index (χ2v) is 7.00. The molecule has 0 saturated carbocycles. The van der Waals surface area contributed by atoms with Gasteiger partial charge in [0.15, 0.2) is 6.61 Å². The lowest BCUT2D eigenvalue weighted by Crippen LogP contribution is -2.34. The van der Waals surface area contributed by atoms with Crippen LogP contribution in [0, 0.1) is 10.1 Å². The van der Waals surface area contributed by atoms with E-state index < -0.39 is 41.5 Å². The van der Waals surface area contributed by atoms with Crippen LogP contribution in [0.2, 0.25) is 5.02 Å². The van der Waals surface area contributed by atoms with Gasteiger partial charge in [0.05, 0.1) is 11.5 Å². The first-order valence-corrected chi connectivity index (χ1v) is 9.92. The number of carbonyl (C=O) groups is 3. The number of nitrogens with one attached hydrogen (secondary N) is 1. The summed E-state index contributed by atoms with van der Waals surface area (Å²) in [6.07, 6.45) is 0. The maximum Gasteiger partial charge on any atom is 0.325 e. The number of hydrogen-bond donors (Lipinski definition) is 1. The summed E-state index contributed by atoms with van der Waals surface area (Å²) in [6.45, 7) is 1.76. The van der Waals surface area contributed by atoms with Gasteiger partial charge in [0.2, 0.25) is 0 Å². The summed E-state index contributed by atoms with van der Waals surface area (Å²) in [5.74, 6) is -1.24. The number of nitrogens with zero attached hydrogens (tertiary/aromatic N) is 2. The summed E-state index contributed by atoms with van der Waals surface area (Å²) in [6, 6.07) is 10.8. The Morgan fingerprint density at radius 1 is 1.16 bits per heavy atom. The summed E-state index contributed by atoms with van der Waals surface area (Å²) >= 11 is 5.70. The molecular formula is C21H22ClN3O7. The molecule has 0 bridgehead atoms. The Hall–Kier alpha value is -3.66. The minimum absolute atomic E-state index is 0.0416. The van der Waals surface area contributed by atoms with Crippen LogP contribution in [0.1, 0.15) is 22.8 Å². The van der Waals surface area contributed by atoms with Crippen molar-refractivity contribution in [3.05, 3.63) is 68.7 Å². The average Bonchev–Trinajstić information content (AvgIpc) is 2.77. The summed E-state index contributed by atoms with van der Waals surface area (Å²) in [7, 11) is 1.57. The Labute approximate surface area is 189 Å². The number of esters is 1. The molecule has 0 fully saturated rings. The molecule has 10 nitrogen and oxygen atoms in total. The number of rotatable bonds is 10. The molecule has 0 radical (unpaired) electrons. The molecule has 0 aliphatic carbocycles. The molecule has 1 N–H and O–H groups in total. The van der Waals surface area contributed by atoms with Gasteiger partial charge in [0, 0.05) is 25.2 Å². The molecule has 2 aromatic carbocycles. The van der Waals surface area contributed by atoms with Gasteiger partial charge in [-0.25, -0.2) is 0 Å². The third-order valence-corrected chi connectivity index (χ3v) is 4.55. The Balaban J connectivity index is 1.78. The summed E-state index contributed by atoms with van der Waals surface area (Å²) in [4.78, 5) is 47.7. The minimum Gasteiger partial charge on any atom is -0.494 e. The average molecular weight is 464 g/mol. The Bertz CT molecular complexity index is 995. The summed E-state index contributed by atoms with van der Waals surface area (Å²) in [5, 5.41) is 13.1. The predicted octanol–water partition coefficient (Wildman–Crippen LogP) is 2.58. The monoisotopic (exact) mass is 463 g/mol. The number of likely N-dealkylation sites (N-methyl/N-ethyl adjacent to an activating group) is 1. The normalized spacial score (nSPS) is 10.2. The molecular weight excluding hydrogens is 442 g/mol. The topological polar surface area (TPSA) is 128 Å². The number of nitro groups is 1. The van der Waals surface area contributed by atoms with E-state index in [-0.39, 0.29) is 10.6 Å². The van der Waals surface area contributed by atoms with Gasteiger partial charge in [0.1, 0.15) is 17.3 Å². The highest BCUT2D eigenvalue weighted by molar-refractivity contribution is 6.32. The van der Waals surface area contributed by atoms with Crippen molar-refractivity contribution in [1.82, 2.24) is 10.2 Å². The standard InChI is InChI=1S/C21H22ClN3O7/c1-3-31-16-7-4-14(5-8-16)12-24(2)19(26)13-32-20(27)11-23-21(28)15-6-9-17(22)18(10-15)25(29)30/h4-10H,3,11-13H2,1-2H3,(H,23,28). The lowest BCUT2D eigenvalue weighted by molar-refractivity contribution is -0.384. The van der Waals surface area contributed by atoms with Crippen LogP contribution in [0.4, 0.5) is 5.69 Å². The van der Waals surface area contributed by atoms with Crippen molar-refractivity contribution in [3.63, 3.8) is 0 Å². The second kappa shape index (κ2) is 11.7. The van der Waals surface area contributed by atoms with Crippen molar-refractivity contribution in [3.8, 4) is 5.75 Å². The van der Waals surface area contributed by atoms with E-state index >= 15 is 0 Å². The van der Waals surface area contributed by atoms with Gasteiger partial charge in [-0.15, -0.1) is 0 Å². The van der Waals surface area contributed by atoms with E-state index in [1.165, 1.54) is 17.0 Å². The minimum atomic E-state index is -0.829. The van der Waals surface area contributed by atoms with Crippen LogP contribution in [0.15, 0.2) is 42.5 Å². The zero-order chi connectivity index (χ0) is 23.7. The fourth-order valence-corrected chi connectivity index (χ4v) is 2.76. The van der Waals surface area contributed by atoms with Gasteiger partial charge in [-0.2, -0.15) is 0 Å². The Morgan fingerprint density at radius 2 is 1.84 bits per heavy atom. The first kappa shape index (κ1) is 24.6. The number of carbonyl (C=O) groups excluding carboxylic acids is 3. The van der Waals surface area contributed by atoms with Crippen LogP contribution < -0.4 is 10.1 Å². The number of ether oxygens (including phenoxy) is 2. The number of benzene rings is 2. The lowest BCUT2D eigenvalue weighted by Gasteiger charge is -2.17. The Kier molecular flexibility index (Phi) is 8.96. The highest BCUT2D eigenvalue weighted by Gasteiger charge is 2.18. The number of halogens is 1. The third kappa shape index (κ3) is 7.24. The van der Waals surface area contributed by atoms with Crippen LogP contribution in [-0.2, 0) is 20.9 Å². The molecule has 0 heterocycles. The predicted molar refractivity (Wildman–Crippen MR) is 115 cm³/mol. The van der Waals surface area contributed by atoms with Crippen LogP contribution in [-0.4, -0.2) is 54.4 Å². The van der Waals surface area contributed by atoms with Crippen LogP contribution in [0.5, 0.6) is 5.75 Å². The highest BCUT2D eigenvalue weighted by Crippen LogP contribution is 2.24. The van der Waals surface area contributed by atoms with E-state index in [0.29, 0.717) is 13.2 Å². The molecule has 170 valence electrons. The molecule has 2 aromatic rings. The zero-order valence-corrected chi connectivity index (χ0v) is 18.3. The van der Waals surface area contributed by atoms with Gasteiger partial charge in [0.25, 0.3) is 17.5 Å². The molecule has 0 unspecified atom stereocenters. The fraction of sp³-hybridized carbons (Fsp3) is 0.286. The van der Waals surface area contributed by atoms with Crippen molar-refractivity contribution in [2.75, 3.05) is 26.8 Å². The molecule has 0 spiro atoms. The zero-order valence-electron chi connectivity index (χ0n) is 17.5. The first-order chi connectivity index (χ1) is 15.2. The van der Waals surface area contributed by atoms with E-state index in [1.807, 2.05) is 19.1 Å². The van der Waals surface area contributed by atoms with Gasteiger partial charge in [-0.1, -0.05) is 23.7 Å². The number of amides is 2. The lowest BCUT2D eigenvalue weighted by atomic mass is 10.2. The van der Waals surface area contributed by atoms with Gasteiger partial charge in [-0.05, 0) is 36.8 Å². The fourth-order valence-electron chi connectivity index (χ4n) is 2.57. The molecule has 2 amide bonds. The van der Waals surface area contributed by atoms with Crippen molar-refractivity contribution in [1.29, 1.82) is 0 Å². The molecule has 0 aliphatic rings. The molecule has 32 heavy (non-hydrogen) atoms. The molecule has 0 atom stereocenters. The van der Waals surface area contributed by atoms with E-state index in [9.17, 15) is 24.5 Å². The van der Waals surface area contributed by atoms with Crippen LogP contribution >= 0.6 is 11.6 Å². The third-order valence-electron chi connectivity index (χ3n) is 4.23. The molecule has 0 aliphatic heterocycles. The molecule has 0 aromatic heterocycles. The van der Waals surface area contributed by atoms with E-state index in [0.717, 1.165) is 17.4 Å². The number of hydrogen-bond acceptors (Lipinski definition) is 7. The van der Waals surface area contributed by atoms with Crippen LogP contribution in [0.3, 0.4) is 0 Å². The van der Waals surface area contributed by atoms with Crippen molar-refractivity contribution >= 4 is 35.1 Å². The van der Waals surface area contributed by atoms with Crippen LogP contribution in [0.25, 0.3) is 0 Å². The first-order valence-electron chi connectivity index (χ1n) is 9.54. The van der Waals surface area contributed by atoms with Gasteiger partial charge in [-0.3, -0.25) is 24.5 Å². The smallest absolute Gasteiger partial charge is 0.325 e. The van der Waals surface area contributed by atoms with E-state index in [1.54, 1.807) is 19.2 Å². The Morgan fingerprint density at radius 3 is 2.47 bits per heavy atom. The summed E-state index contributed by atoms with van der Waals surface area (Å²) < 4.78 is 10.3.